The zero-order valence-electron chi connectivity index (χ0n) is 19.9. The second-order valence-corrected chi connectivity index (χ2v) is 8.48. The van der Waals surface area contributed by atoms with Crippen molar-refractivity contribution in [2.24, 2.45) is 7.05 Å². The molecule has 0 radical (unpaired) electrons. The van der Waals surface area contributed by atoms with E-state index in [4.69, 9.17) is 27.5 Å². The van der Waals surface area contributed by atoms with Gasteiger partial charge in [-0.25, -0.2) is 4.68 Å². The van der Waals surface area contributed by atoms with Crippen LogP contribution in [0.4, 0.5) is 23.0 Å². The lowest BCUT2D eigenvalue weighted by Crippen LogP contribution is -2.32. The van der Waals surface area contributed by atoms with Crippen LogP contribution in [-0.4, -0.2) is 73.0 Å². The van der Waals surface area contributed by atoms with Gasteiger partial charge in [-0.05, 0) is 44.4 Å². The fourth-order valence-corrected chi connectivity index (χ4v) is 3.75. The van der Waals surface area contributed by atoms with Gasteiger partial charge >= 0.3 is 0 Å². The number of carbonyl (C=O) groups excluding carboxylic acids is 1. The average molecular weight is 485 g/mol. The Morgan fingerprint density at radius 1 is 1.26 bits per heavy atom. The van der Waals surface area contributed by atoms with E-state index in [2.05, 4.69) is 15.4 Å². The predicted octanol–water partition coefficient (Wildman–Crippen LogP) is 3.03. The van der Waals surface area contributed by atoms with Crippen LogP contribution in [0.2, 0.25) is 5.02 Å². The van der Waals surface area contributed by atoms with Crippen molar-refractivity contribution < 1.29 is 9.53 Å². The molecule has 180 valence electrons. The molecule has 0 unspecified atom stereocenters. The number of carbonyl (C=O) groups is 1. The largest absolute Gasteiger partial charge is 0.495 e. The molecule has 4 N–H and O–H groups in total. The van der Waals surface area contributed by atoms with E-state index >= 15 is 0 Å². The van der Waals surface area contributed by atoms with Crippen molar-refractivity contribution in [3.8, 4) is 17.1 Å². The van der Waals surface area contributed by atoms with Gasteiger partial charge in [0.25, 0.3) is 0 Å². The summed E-state index contributed by atoms with van der Waals surface area (Å²) < 4.78 is 7.18. The van der Waals surface area contributed by atoms with Gasteiger partial charge < -0.3 is 31.0 Å². The van der Waals surface area contributed by atoms with Crippen molar-refractivity contribution >= 4 is 46.6 Å². The average Bonchev–Trinajstić information content (AvgIpc) is 3.15. The quantitative estimate of drug-likeness (QED) is 0.296. The van der Waals surface area contributed by atoms with Gasteiger partial charge in [-0.1, -0.05) is 11.6 Å². The van der Waals surface area contributed by atoms with Gasteiger partial charge in [0.1, 0.15) is 5.75 Å². The summed E-state index contributed by atoms with van der Waals surface area (Å²) in [7, 11) is 8.93. The fraction of sp³-hybridized carbons (Fsp3) is 0.304. The molecule has 11 heteroatoms. The molecule has 0 saturated carbocycles. The number of nitrogens with zero attached hydrogens (tertiary/aromatic N) is 5. The van der Waals surface area contributed by atoms with Crippen LogP contribution in [0.25, 0.3) is 11.4 Å². The Hall–Kier alpha value is -3.63. The van der Waals surface area contributed by atoms with E-state index in [1.165, 1.54) is 0 Å². The number of nitrogens with two attached hydrogens (primary N) is 1. The molecule has 2 aromatic carbocycles. The van der Waals surface area contributed by atoms with Crippen molar-refractivity contribution in [3.05, 3.63) is 40.9 Å². The lowest BCUT2D eigenvalue weighted by Gasteiger charge is -2.22. The van der Waals surface area contributed by atoms with E-state index in [1.54, 1.807) is 31.0 Å². The van der Waals surface area contributed by atoms with Crippen molar-refractivity contribution in [3.63, 3.8) is 0 Å². The summed E-state index contributed by atoms with van der Waals surface area (Å²) in [6, 6.07) is 9.01. The van der Waals surface area contributed by atoms with Gasteiger partial charge in [-0.2, -0.15) is 4.98 Å². The molecule has 0 aliphatic carbocycles. The van der Waals surface area contributed by atoms with Crippen LogP contribution in [-0.2, 0) is 11.8 Å². The molecular weight excluding hydrogens is 456 g/mol. The smallest absolute Gasteiger partial charge is 0.225 e. The predicted molar refractivity (Wildman–Crippen MR) is 137 cm³/mol. The molecule has 34 heavy (non-hydrogen) atoms. The van der Waals surface area contributed by atoms with Gasteiger partial charge in [0.15, 0.2) is 11.6 Å². The first-order valence-electron chi connectivity index (χ1n) is 10.5. The fourth-order valence-electron chi connectivity index (χ4n) is 3.47. The number of halogens is 1. The SMILES string of the molecule is COc1cc(-c2nc(Nc3ccc(N)c(C=N)c3Cl)n(C)n2)ccc1N(C)CC(=O)CN(C)C. The first kappa shape index (κ1) is 25.0. The highest BCUT2D eigenvalue weighted by Gasteiger charge is 2.17. The highest BCUT2D eigenvalue weighted by atomic mass is 35.5. The number of hydrogen-bond donors (Lipinski definition) is 3. The number of aromatic nitrogens is 3. The van der Waals surface area contributed by atoms with Crippen molar-refractivity contribution in [1.82, 2.24) is 19.7 Å². The second-order valence-electron chi connectivity index (χ2n) is 8.10. The Balaban J connectivity index is 1.86. The minimum Gasteiger partial charge on any atom is -0.495 e. The Morgan fingerprint density at radius 3 is 2.65 bits per heavy atom. The van der Waals surface area contributed by atoms with Crippen molar-refractivity contribution in [1.29, 1.82) is 5.41 Å². The number of Topliss-reactive ketones (excluding diaryl/α,β-unsaturated/α-hetero) is 1. The molecule has 0 aliphatic heterocycles. The highest BCUT2D eigenvalue weighted by molar-refractivity contribution is 6.36. The molecule has 0 saturated heterocycles. The van der Waals surface area contributed by atoms with Crippen LogP contribution >= 0.6 is 11.6 Å². The van der Waals surface area contributed by atoms with Crippen LogP contribution in [0.3, 0.4) is 0 Å². The summed E-state index contributed by atoms with van der Waals surface area (Å²) in [6.07, 6.45) is 1.11. The van der Waals surface area contributed by atoms with Gasteiger partial charge in [-0.15, -0.1) is 5.10 Å². The minimum absolute atomic E-state index is 0.105. The van der Waals surface area contributed by atoms with Gasteiger partial charge in [0, 0.05) is 37.1 Å². The van der Waals surface area contributed by atoms with Crippen LogP contribution < -0.4 is 20.7 Å². The summed E-state index contributed by atoms with van der Waals surface area (Å²) in [5.74, 6) is 1.66. The van der Waals surface area contributed by atoms with Gasteiger partial charge in [0.2, 0.25) is 5.95 Å². The normalized spacial score (nSPS) is 10.9. The molecule has 0 aliphatic rings. The lowest BCUT2D eigenvalue weighted by atomic mass is 10.1. The van der Waals surface area contributed by atoms with Gasteiger partial charge in [-0.3, -0.25) is 4.79 Å². The number of nitrogen functional groups attached to an aromatic ring is 1. The van der Waals surface area contributed by atoms with E-state index in [9.17, 15) is 4.79 Å². The molecular formula is C23H29ClN8O2. The monoisotopic (exact) mass is 484 g/mol. The number of anilines is 4. The number of methoxy groups -OCH3 is 1. The zero-order chi connectivity index (χ0) is 25.0. The third-order valence-electron chi connectivity index (χ3n) is 5.12. The van der Waals surface area contributed by atoms with Crippen LogP contribution in [0, 0.1) is 5.41 Å². The van der Waals surface area contributed by atoms with Crippen molar-refractivity contribution in [2.75, 3.05) is 57.3 Å². The number of aryl methyl sites for hydroxylation is 1. The third-order valence-corrected chi connectivity index (χ3v) is 5.53. The molecule has 0 atom stereocenters. The Kier molecular flexibility index (Phi) is 7.75. The first-order valence-corrected chi connectivity index (χ1v) is 10.8. The van der Waals surface area contributed by atoms with Crippen LogP contribution in [0.5, 0.6) is 5.75 Å². The Bertz CT molecular complexity index is 1210. The molecule has 0 fully saturated rings. The molecule has 0 spiro atoms. The summed E-state index contributed by atoms with van der Waals surface area (Å²) in [4.78, 5) is 20.5. The molecule has 3 rings (SSSR count). The zero-order valence-corrected chi connectivity index (χ0v) is 20.6. The van der Waals surface area contributed by atoms with E-state index in [0.717, 1.165) is 17.5 Å². The standard InChI is InChI=1S/C23H29ClN8O2/c1-30(2)12-15(33)13-31(3)19-9-6-14(10-20(19)34-5)22-28-23(32(4)29-22)27-18-8-7-17(26)16(11-25)21(18)24/h6-11,25H,12-13,26H2,1-5H3,(H,27,28,29). The van der Waals surface area contributed by atoms with Crippen LogP contribution in [0.15, 0.2) is 30.3 Å². The summed E-state index contributed by atoms with van der Waals surface area (Å²) in [6.45, 7) is 0.640. The lowest BCUT2D eigenvalue weighted by molar-refractivity contribution is -0.118. The maximum Gasteiger partial charge on any atom is 0.225 e. The molecule has 1 heterocycles. The highest BCUT2D eigenvalue weighted by Crippen LogP contribution is 2.34. The Morgan fingerprint density at radius 2 is 2.00 bits per heavy atom. The van der Waals surface area contributed by atoms with E-state index in [0.29, 0.717) is 46.0 Å². The summed E-state index contributed by atoms with van der Waals surface area (Å²) >= 11 is 6.39. The van der Waals surface area contributed by atoms with Crippen LogP contribution in [0.1, 0.15) is 5.56 Å². The summed E-state index contributed by atoms with van der Waals surface area (Å²) in [5, 5.41) is 15.5. The topological polar surface area (TPSA) is 125 Å². The van der Waals surface area contributed by atoms with Gasteiger partial charge in [0.05, 0.1) is 36.6 Å². The van der Waals surface area contributed by atoms with E-state index < -0.39 is 0 Å². The molecule has 0 bridgehead atoms. The van der Waals surface area contributed by atoms with Crippen molar-refractivity contribution in [2.45, 2.75) is 0 Å². The maximum absolute atomic E-state index is 12.2. The molecule has 3 aromatic rings. The number of rotatable bonds is 10. The number of hydrogen-bond acceptors (Lipinski definition) is 9. The molecule has 0 amide bonds. The third kappa shape index (κ3) is 5.46. The second kappa shape index (κ2) is 10.5. The number of ketones is 1. The van der Waals surface area contributed by atoms with E-state index in [-0.39, 0.29) is 12.3 Å². The molecule has 1 aromatic heterocycles. The van der Waals surface area contributed by atoms with E-state index in [1.807, 2.05) is 49.1 Å². The Labute approximate surface area is 203 Å². The number of nitrogens with one attached hydrogen (secondary N) is 2. The molecule has 10 nitrogen and oxygen atoms in total. The minimum atomic E-state index is 0.105. The number of likely N-dealkylation sites (N-methyl/N-ethyl adjacent to an activating group) is 2. The maximum atomic E-state index is 12.2. The number of benzene rings is 2. The summed E-state index contributed by atoms with van der Waals surface area (Å²) in [5.41, 5.74) is 8.84. The first-order chi connectivity index (χ1) is 16.1. The number of ether oxygens (including phenoxy) is 1.